The van der Waals surface area contributed by atoms with Gasteiger partial charge in [-0.3, -0.25) is 0 Å². The maximum Gasteiger partial charge on any atom is 0.243 e. The minimum atomic E-state index is 0.346. The molecule has 0 aromatic carbocycles. The first kappa shape index (κ1) is 9.83. The molecule has 0 amide bonds. The lowest BCUT2D eigenvalue weighted by Crippen LogP contribution is -2.23. The average molecular weight is 183 g/mol. The second kappa shape index (κ2) is 4.11. The Morgan fingerprint density at radius 1 is 1.54 bits per heavy atom. The summed E-state index contributed by atoms with van der Waals surface area (Å²) in [7, 11) is 0. The van der Waals surface area contributed by atoms with Crippen molar-refractivity contribution in [3.63, 3.8) is 0 Å². The van der Waals surface area contributed by atoms with Crippen LogP contribution in [-0.4, -0.2) is 21.2 Å². The van der Waals surface area contributed by atoms with Crippen LogP contribution in [0.1, 0.15) is 27.2 Å². The van der Waals surface area contributed by atoms with Crippen molar-refractivity contribution in [2.24, 2.45) is 5.92 Å². The Labute approximate surface area is 78.1 Å². The van der Waals surface area contributed by atoms with Crippen LogP contribution in [0.2, 0.25) is 0 Å². The molecule has 0 saturated carbocycles. The quantitative estimate of drug-likeness (QED) is 0.656. The Kier molecular flexibility index (Phi) is 3.11. The fourth-order valence-electron chi connectivity index (χ4n) is 1.04. The number of hydrogen-bond donors (Lipinski definition) is 3. The Bertz CT molecular complexity index is 257. The van der Waals surface area contributed by atoms with Crippen molar-refractivity contribution in [1.82, 2.24) is 15.2 Å². The smallest absolute Gasteiger partial charge is 0.243 e. The second-order valence-corrected chi connectivity index (χ2v) is 3.36. The SMILES string of the molecule is CCC(C)C(C)Nc1n[nH]c(N)n1. The van der Waals surface area contributed by atoms with Gasteiger partial charge in [0.25, 0.3) is 0 Å². The number of H-pyrrole nitrogens is 1. The molecule has 1 aromatic rings. The van der Waals surface area contributed by atoms with Gasteiger partial charge in [0.2, 0.25) is 11.9 Å². The van der Waals surface area contributed by atoms with Crippen molar-refractivity contribution < 1.29 is 0 Å². The summed E-state index contributed by atoms with van der Waals surface area (Å²) in [5, 5.41) is 9.67. The third-order valence-electron chi connectivity index (χ3n) is 2.36. The summed E-state index contributed by atoms with van der Waals surface area (Å²) in [4.78, 5) is 3.97. The Balaban J connectivity index is 2.49. The van der Waals surface area contributed by atoms with Crippen molar-refractivity contribution in [3.8, 4) is 0 Å². The van der Waals surface area contributed by atoms with Crippen LogP contribution in [0.15, 0.2) is 0 Å². The van der Waals surface area contributed by atoms with Crippen molar-refractivity contribution >= 4 is 11.9 Å². The average Bonchev–Trinajstić information content (AvgIpc) is 2.49. The van der Waals surface area contributed by atoms with E-state index in [0.717, 1.165) is 6.42 Å². The van der Waals surface area contributed by atoms with Crippen molar-refractivity contribution in [2.45, 2.75) is 33.2 Å². The minimum Gasteiger partial charge on any atom is -0.368 e. The molecule has 13 heavy (non-hydrogen) atoms. The van der Waals surface area contributed by atoms with Gasteiger partial charge in [-0.05, 0) is 12.8 Å². The van der Waals surface area contributed by atoms with Gasteiger partial charge >= 0.3 is 0 Å². The van der Waals surface area contributed by atoms with E-state index in [9.17, 15) is 0 Å². The van der Waals surface area contributed by atoms with Crippen molar-refractivity contribution in [2.75, 3.05) is 11.1 Å². The molecule has 2 unspecified atom stereocenters. The van der Waals surface area contributed by atoms with Crippen LogP contribution in [0.5, 0.6) is 0 Å². The van der Waals surface area contributed by atoms with E-state index >= 15 is 0 Å². The van der Waals surface area contributed by atoms with Gasteiger partial charge < -0.3 is 11.1 Å². The number of nitrogen functional groups attached to an aromatic ring is 1. The van der Waals surface area contributed by atoms with E-state index in [4.69, 9.17) is 5.73 Å². The van der Waals surface area contributed by atoms with Crippen molar-refractivity contribution in [3.05, 3.63) is 0 Å². The molecule has 1 aromatic heterocycles. The summed E-state index contributed by atoms with van der Waals surface area (Å²) in [5.41, 5.74) is 5.39. The molecule has 1 heterocycles. The monoisotopic (exact) mass is 183 g/mol. The molecular formula is C8H17N5. The highest BCUT2D eigenvalue weighted by Gasteiger charge is 2.11. The van der Waals surface area contributed by atoms with Gasteiger partial charge in [-0.25, -0.2) is 5.10 Å². The van der Waals surface area contributed by atoms with Crippen LogP contribution in [0, 0.1) is 5.92 Å². The van der Waals surface area contributed by atoms with Gasteiger partial charge in [0, 0.05) is 6.04 Å². The Morgan fingerprint density at radius 2 is 2.23 bits per heavy atom. The van der Waals surface area contributed by atoms with Gasteiger partial charge in [-0.1, -0.05) is 20.3 Å². The van der Waals surface area contributed by atoms with Gasteiger partial charge in [0.15, 0.2) is 0 Å². The van der Waals surface area contributed by atoms with Gasteiger partial charge in [0.1, 0.15) is 0 Å². The van der Waals surface area contributed by atoms with E-state index in [1.165, 1.54) is 0 Å². The third kappa shape index (κ3) is 2.61. The van der Waals surface area contributed by atoms with E-state index < -0.39 is 0 Å². The highest BCUT2D eigenvalue weighted by molar-refractivity contribution is 5.30. The number of anilines is 2. The van der Waals surface area contributed by atoms with Gasteiger partial charge in [-0.15, -0.1) is 5.10 Å². The first-order valence-electron chi connectivity index (χ1n) is 4.58. The predicted molar refractivity (Wildman–Crippen MR) is 53.3 cm³/mol. The van der Waals surface area contributed by atoms with Crippen molar-refractivity contribution in [1.29, 1.82) is 0 Å². The molecule has 0 aliphatic heterocycles. The first-order chi connectivity index (χ1) is 6.13. The van der Waals surface area contributed by atoms with Crippen LogP contribution in [0.3, 0.4) is 0 Å². The molecule has 0 spiro atoms. The molecule has 5 nitrogen and oxygen atoms in total. The second-order valence-electron chi connectivity index (χ2n) is 3.36. The minimum absolute atomic E-state index is 0.346. The molecule has 74 valence electrons. The number of nitrogens with zero attached hydrogens (tertiary/aromatic N) is 2. The van der Waals surface area contributed by atoms with Crippen LogP contribution >= 0.6 is 0 Å². The molecule has 0 saturated heterocycles. The van der Waals surface area contributed by atoms with E-state index in [-0.39, 0.29) is 0 Å². The molecule has 4 N–H and O–H groups in total. The molecule has 5 heteroatoms. The third-order valence-corrected chi connectivity index (χ3v) is 2.36. The summed E-state index contributed by atoms with van der Waals surface area (Å²) < 4.78 is 0. The molecule has 0 aliphatic carbocycles. The number of aromatic amines is 1. The molecule has 0 radical (unpaired) electrons. The lowest BCUT2D eigenvalue weighted by molar-refractivity contribution is 0.492. The maximum absolute atomic E-state index is 5.39. The summed E-state index contributed by atoms with van der Waals surface area (Å²) in [6, 6.07) is 0.361. The van der Waals surface area contributed by atoms with Crippen LogP contribution in [-0.2, 0) is 0 Å². The lowest BCUT2D eigenvalue weighted by Gasteiger charge is -2.18. The highest BCUT2D eigenvalue weighted by atomic mass is 15.3. The fraction of sp³-hybridized carbons (Fsp3) is 0.750. The molecule has 0 aliphatic rings. The standard InChI is InChI=1S/C8H17N5/c1-4-5(2)6(3)10-8-11-7(9)12-13-8/h5-6H,4H2,1-3H3,(H4,9,10,11,12,13). The highest BCUT2D eigenvalue weighted by Crippen LogP contribution is 2.11. The Morgan fingerprint density at radius 3 is 2.69 bits per heavy atom. The lowest BCUT2D eigenvalue weighted by atomic mass is 10.0. The molecule has 2 atom stereocenters. The maximum atomic E-state index is 5.39. The van der Waals surface area contributed by atoms with E-state index in [2.05, 4.69) is 41.3 Å². The number of rotatable bonds is 4. The van der Waals surface area contributed by atoms with Crippen LogP contribution in [0.25, 0.3) is 0 Å². The largest absolute Gasteiger partial charge is 0.368 e. The molecule has 1 rings (SSSR count). The predicted octanol–water partition coefficient (Wildman–Crippen LogP) is 1.23. The number of aromatic nitrogens is 3. The summed E-state index contributed by atoms with van der Waals surface area (Å²) in [6.45, 7) is 6.46. The Hall–Kier alpha value is -1.26. The zero-order chi connectivity index (χ0) is 9.84. The van der Waals surface area contributed by atoms with Gasteiger partial charge in [-0.2, -0.15) is 4.98 Å². The van der Waals surface area contributed by atoms with Crippen LogP contribution < -0.4 is 11.1 Å². The summed E-state index contributed by atoms with van der Waals surface area (Å²) in [5.74, 6) is 1.52. The van der Waals surface area contributed by atoms with E-state index in [1.54, 1.807) is 0 Å². The fourth-order valence-corrected chi connectivity index (χ4v) is 1.04. The summed E-state index contributed by atoms with van der Waals surface area (Å²) >= 11 is 0. The normalized spacial score (nSPS) is 15.3. The van der Waals surface area contributed by atoms with Crippen LogP contribution in [0.4, 0.5) is 11.9 Å². The number of nitrogens with two attached hydrogens (primary N) is 1. The number of hydrogen-bond acceptors (Lipinski definition) is 4. The zero-order valence-corrected chi connectivity index (χ0v) is 8.33. The molecular weight excluding hydrogens is 166 g/mol. The zero-order valence-electron chi connectivity index (χ0n) is 8.33. The topological polar surface area (TPSA) is 79.6 Å². The van der Waals surface area contributed by atoms with E-state index in [0.29, 0.717) is 23.9 Å². The van der Waals surface area contributed by atoms with Gasteiger partial charge in [0.05, 0.1) is 0 Å². The summed E-state index contributed by atoms with van der Waals surface area (Å²) in [6.07, 6.45) is 1.13. The van der Waals surface area contributed by atoms with E-state index in [1.807, 2.05) is 0 Å². The number of nitrogens with one attached hydrogen (secondary N) is 2. The first-order valence-corrected chi connectivity index (χ1v) is 4.58. The molecule has 0 fully saturated rings. The molecule has 0 bridgehead atoms.